The lowest BCUT2D eigenvalue weighted by molar-refractivity contribution is 0.129. The molecule has 0 bridgehead atoms. The molecular weight excluding hydrogens is 144 g/mol. The molecule has 0 saturated carbocycles. The second kappa shape index (κ2) is 4.30. The lowest BCUT2D eigenvalue weighted by Crippen LogP contribution is -2.28. The summed E-state index contributed by atoms with van der Waals surface area (Å²) in [6.07, 6.45) is 1.28. The average Bonchev–Trinajstić information content (AvgIpc) is 2.01. The average molecular weight is 170 g/mol. The van der Waals surface area contributed by atoms with Gasteiger partial charge in [-0.25, -0.2) is 0 Å². The first kappa shape index (κ1) is 12.0. The van der Waals surface area contributed by atoms with Gasteiger partial charge in [0.1, 0.15) is 0 Å². The van der Waals surface area contributed by atoms with E-state index in [1.165, 1.54) is 6.42 Å². The molecule has 1 unspecified atom stereocenters. The minimum absolute atomic E-state index is 0.504. The zero-order chi connectivity index (χ0) is 9.94. The summed E-state index contributed by atoms with van der Waals surface area (Å²) in [6.45, 7) is 16.5. The quantitative estimate of drug-likeness (QED) is 0.588. The van der Waals surface area contributed by atoms with Crippen LogP contribution in [-0.4, -0.2) is 0 Å². The van der Waals surface area contributed by atoms with E-state index in [0.717, 1.165) is 17.8 Å². The first-order valence-electron chi connectivity index (χ1n) is 5.33. The Morgan fingerprint density at radius 1 is 1.00 bits per heavy atom. The zero-order valence-corrected chi connectivity index (χ0v) is 9.94. The zero-order valence-electron chi connectivity index (χ0n) is 9.94. The molecule has 0 aromatic heterocycles. The van der Waals surface area contributed by atoms with Crippen molar-refractivity contribution in [3.8, 4) is 0 Å². The largest absolute Gasteiger partial charge is 0.0649 e. The van der Waals surface area contributed by atoms with Crippen LogP contribution in [0.25, 0.3) is 0 Å². The van der Waals surface area contributed by atoms with Crippen LogP contribution in [0.4, 0.5) is 0 Å². The van der Waals surface area contributed by atoms with E-state index in [1.807, 2.05) is 0 Å². The highest BCUT2D eigenvalue weighted by molar-refractivity contribution is 4.78. The molecule has 0 radical (unpaired) electrons. The van der Waals surface area contributed by atoms with Gasteiger partial charge in [-0.15, -0.1) is 0 Å². The van der Waals surface area contributed by atoms with Gasteiger partial charge in [0, 0.05) is 0 Å². The highest BCUT2D eigenvalue weighted by atomic mass is 14.3. The van der Waals surface area contributed by atoms with Crippen LogP contribution in [0.5, 0.6) is 0 Å². The van der Waals surface area contributed by atoms with Crippen LogP contribution in [0.1, 0.15) is 54.9 Å². The van der Waals surface area contributed by atoms with Gasteiger partial charge in [0.05, 0.1) is 0 Å². The second-order valence-electron chi connectivity index (χ2n) is 5.23. The van der Waals surface area contributed by atoms with Crippen LogP contribution < -0.4 is 0 Å². The van der Waals surface area contributed by atoms with E-state index in [-0.39, 0.29) is 0 Å². The Labute approximate surface area is 78.8 Å². The Morgan fingerprint density at radius 2 is 1.42 bits per heavy atom. The molecule has 0 fully saturated rings. The molecule has 0 aromatic rings. The second-order valence-corrected chi connectivity index (χ2v) is 5.23. The Bertz CT molecular complexity index is 122. The number of hydrogen-bond donors (Lipinski definition) is 0. The SMILES string of the molecule is CCC(C)(C)[C@@H](C)C(C)C(C)C. The summed E-state index contributed by atoms with van der Waals surface area (Å²) in [5.74, 6) is 2.47. The van der Waals surface area contributed by atoms with Crippen molar-refractivity contribution >= 4 is 0 Å². The molecule has 0 heterocycles. The molecule has 74 valence electrons. The molecule has 12 heavy (non-hydrogen) atoms. The highest BCUT2D eigenvalue weighted by Crippen LogP contribution is 2.37. The lowest BCUT2D eigenvalue weighted by Gasteiger charge is -2.37. The minimum Gasteiger partial charge on any atom is -0.0649 e. The molecule has 2 atom stereocenters. The van der Waals surface area contributed by atoms with Gasteiger partial charge >= 0.3 is 0 Å². The maximum Gasteiger partial charge on any atom is -0.0329 e. The third-order valence-electron chi connectivity index (χ3n) is 3.98. The van der Waals surface area contributed by atoms with E-state index in [0.29, 0.717) is 5.41 Å². The molecule has 0 heteroatoms. The van der Waals surface area contributed by atoms with Crippen molar-refractivity contribution < 1.29 is 0 Å². The molecular formula is C12H26. The van der Waals surface area contributed by atoms with Crippen molar-refractivity contribution in [2.45, 2.75) is 54.9 Å². The maximum atomic E-state index is 2.40. The number of rotatable bonds is 4. The van der Waals surface area contributed by atoms with Crippen LogP contribution in [-0.2, 0) is 0 Å². The first-order chi connectivity index (χ1) is 5.33. The molecule has 0 aliphatic rings. The van der Waals surface area contributed by atoms with Crippen molar-refractivity contribution in [1.29, 1.82) is 0 Å². The molecule has 0 amide bonds. The fourth-order valence-electron chi connectivity index (χ4n) is 1.61. The van der Waals surface area contributed by atoms with Gasteiger partial charge in [-0.05, 0) is 23.2 Å². The minimum atomic E-state index is 0.504. The third-order valence-corrected chi connectivity index (χ3v) is 3.98. The monoisotopic (exact) mass is 170 g/mol. The summed E-state index contributed by atoms with van der Waals surface area (Å²) in [4.78, 5) is 0. The predicted molar refractivity (Wildman–Crippen MR) is 57.2 cm³/mol. The van der Waals surface area contributed by atoms with Gasteiger partial charge in [0.2, 0.25) is 0 Å². The van der Waals surface area contributed by atoms with Crippen LogP contribution >= 0.6 is 0 Å². The van der Waals surface area contributed by atoms with Gasteiger partial charge < -0.3 is 0 Å². The van der Waals surface area contributed by atoms with E-state index in [1.54, 1.807) is 0 Å². The van der Waals surface area contributed by atoms with Crippen LogP contribution in [0, 0.1) is 23.2 Å². The van der Waals surface area contributed by atoms with Crippen LogP contribution in [0.2, 0.25) is 0 Å². The van der Waals surface area contributed by atoms with Gasteiger partial charge in [0.25, 0.3) is 0 Å². The van der Waals surface area contributed by atoms with E-state index in [2.05, 4.69) is 48.5 Å². The van der Waals surface area contributed by atoms with E-state index in [9.17, 15) is 0 Å². The van der Waals surface area contributed by atoms with Crippen molar-refractivity contribution in [2.24, 2.45) is 23.2 Å². The standard InChI is InChI=1S/C12H26/c1-8-12(6,7)11(5)10(4)9(2)3/h9-11H,8H2,1-7H3/t10?,11-/m0/s1. The summed E-state index contributed by atoms with van der Waals surface area (Å²) >= 11 is 0. The van der Waals surface area contributed by atoms with E-state index < -0.39 is 0 Å². The number of hydrogen-bond acceptors (Lipinski definition) is 0. The van der Waals surface area contributed by atoms with Crippen molar-refractivity contribution in [3.05, 3.63) is 0 Å². The molecule has 0 aromatic carbocycles. The predicted octanol–water partition coefficient (Wildman–Crippen LogP) is 4.35. The molecule has 0 aliphatic heterocycles. The van der Waals surface area contributed by atoms with Gasteiger partial charge in [-0.2, -0.15) is 0 Å². The normalized spacial score (nSPS) is 18.0. The van der Waals surface area contributed by atoms with E-state index in [4.69, 9.17) is 0 Å². The third kappa shape index (κ3) is 2.80. The lowest BCUT2D eigenvalue weighted by atomic mass is 9.69. The Balaban J connectivity index is 4.27. The molecule has 0 spiro atoms. The maximum absolute atomic E-state index is 2.40. The Kier molecular flexibility index (Phi) is 4.30. The fourth-order valence-corrected chi connectivity index (χ4v) is 1.61. The van der Waals surface area contributed by atoms with Gasteiger partial charge in [-0.1, -0.05) is 54.9 Å². The van der Waals surface area contributed by atoms with Crippen LogP contribution in [0.15, 0.2) is 0 Å². The molecule has 0 aliphatic carbocycles. The van der Waals surface area contributed by atoms with Gasteiger partial charge in [-0.3, -0.25) is 0 Å². The highest BCUT2D eigenvalue weighted by Gasteiger charge is 2.29. The van der Waals surface area contributed by atoms with Crippen molar-refractivity contribution in [3.63, 3.8) is 0 Å². The smallest absolute Gasteiger partial charge is 0.0329 e. The molecule has 0 N–H and O–H groups in total. The molecule has 0 saturated heterocycles. The summed E-state index contributed by atoms with van der Waals surface area (Å²) in [7, 11) is 0. The first-order valence-corrected chi connectivity index (χ1v) is 5.33. The van der Waals surface area contributed by atoms with Crippen molar-refractivity contribution in [1.82, 2.24) is 0 Å². The summed E-state index contributed by atoms with van der Waals surface area (Å²) in [5, 5.41) is 0. The summed E-state index contributed by atoms with van der Waals surface area (Å²) < 4.78 is 0. The van der Waals surface area contributed by atoms with Crippen LogP contribution in [0.3, 0.4) is 0 Å². The fraction of sp³-hybridized carbons (Fsp3) is 1.00. The molecule has 0 nitrogen and oxygen atoms in total. The summed E-state index contributed by atoms with van der Waals surface area (Å²) in [5.41, 5.74) is 0.504. The Hall–Kier alpha value is 0. The Morgan fingerprint density at radius 3 is 1.67 bits per heavy atom. The summed E-state index contributed by atoms with van der Waals surface area (Å²) in [6, 6.07) is 0. The van der Waals surface area contributed by atoms with Gasteiger partial charge in [0.15, 0.2) is 0 Å². The topological polar surface area (TPSA) is 0 Å². The van der Waals surface area contributed by atoms with E-state index >= 15 is 0 Å². The van der Waals surface area contributed by atoms with Crippen molar-refractivity contribution in [2.75, 3.05) is 0 Å². The molecule has 0 rings (SSSR count).